The predicted molar refractivity (Wildman–Crippen MR) is 125 cm³/mol. The number of nitrogens with two attached hydrogens (primary N) is 1. The van der Waals surface area contributed by atoms with Crippen LogP contribution in [0.2, 0.25) is 0 Å². The van der Waals surface area contributed by atoms with Gasteiger partial charge in [-0.3, -0.25) is 9.54 Å². The number of hydrogen-bond acceptors (Lipinski definition) is 7. The number of hydrogen-bond donors (Lipinski definition) is 2. The zero-order valence-electron chi connectivity index (χ0n) is 16.2. The zero-order chi connectivity index (χ0) is 21.8. The second-order valence-corrected chi connectivity index (χ2v) is 8.03. The van der Waals surface area contributed by atoms with Crippen LogP contribution in [-0.2, 0) is 16.7 Å². The van der Waals surface area contributed by atoms with Crippen LogP contribution < -0.4 is 10.5 Å². The molecule has 158 valence electrons. The second kappa shape index (κ2) is 10.2. The van der Waals surface area contributed by atoms with Gasteiger partial charge in [-0.05, 0) is 30.3 Å². The van der Waals surface area contributed by atoms with Crippen LogP contribution in [0.15, 0.2) is 94.1 Å². The van der Waals surface area contributed by atoms with E-state index in [0.717, 1.165) is 5.69 Å². The molecule has 0 aliphatic rings. The van der Waals surface area contributed by atoms with E-state index in [1.807, 2.05) is 18.2 Å². The number of rotatable bonds is 6. The van der Waals surface area contributed by atoms with E-state index in [4.69, 9.17) is 10.5 Å². The minimum absolute atomic E-state index is 0. The molecule has 3 aromatic carbocycles. The Morgan fingerprint density at radius 2 is 1.69 bits per heavy atom. The van der Waals surface area contributed by atoms with Gasteiger partial charge in [0.15, 0.2) is 0 Å². The van der Waals surface area contributed by atoms with Crippen molar-refractivity contribution in [2.45, 2.75) is 11.5 Å². The third-order valence-electron chi connectivity index (χ3n) is 4.51. The Kier molecular flexibility index (Phi) is 7.60. The Bertz CT molecular complexity index is 1380. The van der Waals surface area contributed by atoms with Crippen molar-refractivity contribution in [3.63, 3.8) is 0 Å². The normalized spacial score (nSPS) is 11.4. The molecule has 0 bridgehead atoms. The van der Waals surface area contributed by atoms with Gasteiger partial charge in [-0.25, -0.2) is 0 Å². The van der Waals surface area contributed by atoms with E-state index in [9.17, 15) is 13.0 Å². The summed E-state index contributed by atoms with van der Waals surface area (Å²) >= 11 is 0. The molecule has 1 aromatic heterocycles. The average molecular weight is 458 g/mol. The number of azo groups is 1. The maximum absolute atomic E-state index is 11.8. The van der Waals surface area contributed by atoms with Crippen molar-refractivity contribution in [3.8, 4) is 5.75 Å². The number of anilines is 1. The van der Waals surface area contributed by atoms with E-state index < -0.39 is 10.1 Å². The molecule has 0 aliphatic carbocycles. The first-order valence-corrected chi connectivity index (χ1v) is 10.7. The maximum atomic E-state index is 11.8. The number of nitrogens with zero attached hydrogens (tertiary/aromatic N) is 3. The van der Waals surface area contributed by atoms with Crippen LogP contribution in [0.1, 0.15) is 5.69 Å². The van der Waals surface area contributed by atoms with Gasteiger partial charge in [0.1, 0.15) is 22.9 Å². The second-order valence-electron chi connectivity index (χ2n) is 6.64. The molecule has 0 spiro atoms. The van der Waals surface area contributed by atoms with Crippen molar-refractivity contribution in [1.29, 1.82) is 0 Å². The fourth-order valence-corrected chi connectivity index (χ4v) is 3.75. The molecule has 3 N–H and O–H groups in total. The van der Waals surface area contributed by atoms with Crippen LogP contribution >= 0.6 is 0 Å². The van der Waals surface area contributed by atoms with Crippen LogP contribution in [0.4, 0.5) is 17.1 Å². The third-order valence-corrected chi connectivity index (χ3v) is 5.40. The van der Waals surface area contributed by atoms with Crippen molar-refractivity contribution < 1.29 is 17.7 Å². The SMILES string of the molecule is Nc1c(N=Nc2cccc(OCc3ccccn3)c2)cc(S(=O)(=O)O)c2ccccc12.[NaH]. The van der Waals surface area contributed by atoms with Gasteiger partial charge < -0.3 is 10.5 Å². The summed E-state index contributed by atoms with van der Waals surface area (Å²) in [5.41, 5.74) is 7.84. The third kappa shape index (κ3) is 5.50. The van der Waals surface area contributed by atoms with Gasteiger partial charge in [0.05, 0.1) is 17.1 Å². The molecule has 8 nitrogen and oxygen atoms in total. The monoisotopic (exact) mass is 458 g/mol. The molecule has 32 heavy (non-hydrogen) atoms. The molecular formula is C22H19N4NaO4S. The number of nitrogen functional groups attached to an aromatic ring is 1. The molecule has 10 heteroatoms. The summed E-state index contributed by atoms with van der Waals surface area (Å²) in [7, 11) is -4.48. The molecule has 0 saturated heterocycles. The van der Waals surface area contributed by atoms with Gasteiger partial charge in [-0.2, -0.15) is 13.5 Å². The summed E-state index contributed by atoms with van der Waals surface area (Å²) in [6, 6.07) is 20.3. The summed E-state index contributed by atoms with van der Waals surface area (Å²) in [5, 5.41) is 9.04. The van der Waals surface area contributed by atoms with Crippen LogP contribution in [0.25, 0.3) is 10.8 Å². The standard InChI is InChI=1S/C22H18N4O4S.Na.H/c23-22-19-10-2-1-9-18(19)21(31(27,28)29)13-20(22)26-25-15-7-5-8-17(12-15)30-14-16-6-3-4-11-24-16;;/h1-13H,14,23H2,(H,27,28,29);;. The summed E-state index contributed by atoms with van der Waals surface area (Å²) < 4.78 is 39.0. The van der Waals surface area contributed by atoms with Crippen molar-refractivity contribution in [1.82, 2.24) is 4.98 Å². The Labute approximate surface area is 207 Å². The van der Waals surface area contributed by atoms with E-state index >= 15 is 0 Å². The number of pyridine rings is 1. The molecule has 4 rings (SSSR count). The van der Waals surface area contributed by atoms with Gasteiger partial charge in [-0.15, -0.1) is 5.11 Å². The topological polar surface area (TPSA) is 127 Å². The van der Waals surface area contributed by atoms with Gasteiger partial charge in [-0.1, -0.05) is 36.4 Å². The number of aromatic nitrogens is 1. The van der Waals surface area contributed by atoms with Crippen LogP contribution in [0.3, 0.4) is 0 Å². The van der Waals surface area contributed by atoms with Gasteiger partial charge in [0, 0.05) is 23.0 Å². The fourth-order valence-electron chi connectivity index (χ4n) is 3.03. The molecule has 0 saturated carbocycles. The van der Waals surface area contributed by atoms with Crippen LogP contribution in [-0.4, -0.2) is 47.5 Å². The van der Waals surface area contributed by atoms with E-state index in [2.05, 4.69) is 15.2 Å². The summed E-state index contributed by atoms with van der Waals surface area (Å²) in [6.45, 7) is 0.302. The Morgan fingerprint density at radius 1 is 0.938 bits per heavy atom. The first-order chi connectivity index (χ1) is 14.9. The first-order valence-electron chi connectivity index (χ1n) is 9.25. The van der Waals surface area contributed by atoms with E-state index in [1.165, 1.54) is 6.07 Å². The Balaban J connectivity index is 0.00000289. The molecule has 4 aromatic rings. The predicted octanol–water partition coefficient (Wildman–Crippen LogP) is 4.41. The van der Waals surface area contributed by atoms with Gasteiger partial charge >= 0.3 is 29.6 Å². The summed E-state index contributed by atoms with van der Waals surface area (Å²) in [4.78, 5) is 3.93. The van der Waals surface area contributed by atoms with E-state index in [1.54, 1.807) is 54.7 Å². The van der Waals surface area contributed by atoms with E-state index in [-0.39, 0.29) is 45.8 Å². The van der Waals surface area contributed by atoms with E-state index in [0.29, 0.717) is 28.8 Å². The average Bonchev–Trinajstić information content (AvgIpc) is 2.77. The van der Waals surface area contributed by atoms with Crippen LogP contribution in [0, 0.1) is 0 Å². The number of benzene rings is 3. The van der Waals surface area contributed by atoms with Crippen molar-refractivity contribution in [3.05, 3.63) is 84.7 Å². The van der Waals surface area contributed by atoms with Crippen molar-refractivity contribution in [2.24, 2.45) is 10.2 Å². The number of ether oxygens (including phenoxy) is 1. The number of fused-ring (bicyclic) bond motifs is 1. The molecule has 0 aliphatic heterocycles. The summed E-state index contributed by atoms with van der Waals surface area (Å²) in [5.74, 6) is 0.576. The molecule has 0 fully saturated rings. The Morgan fingerprint density at radius 3 is 2.41 bits per heavy atom. The molecule has 0 radical (unpaired) electrons. The quantitative estimate of drug-likeness (QED) is 0.191. The molecule has 0 amide bonds. The molecule has 1 heterocycles. The zero-order valence-corrected chi connectivity index (χ0v) is 17.0. The fraction of sp³-hybridized carbons (Fsp3) is 0.0455. The van der Waals surface area contributed by atoms with Crippen LogP contribution in [0.5, 0.6) is 5.75 Å². The van der Waals surface area contributed by atoms with Crippen molar-refractivity contribution in [2.75, 3.05) is 5.73 Å². The van der Waals surface area contributed by atoms with Gasteiger partial charge in [0.2, 0.25) is 0 Å². The molecule has 0 atom stereocenters. The Hall–Kier alpha value is -2.82. The molecular weight excluding hydrogens is 439 g/mol. The molecule has 0 unspecified atom stereocenters. The minimum atomic E-state index is -4.48. The summed E-state index contributed by atoms with van der Waals surface area (Å²) in [6.07, 6.45) is 1.69. The van der Waals surface area contributed by atoms with Crippen molar-refractivity contribution >= 4 is 67.5 Å². The van der Waals surface area contributed by atoms with Gasteiger partial charge in [0.25, 0.3) is 10.1 Å². The first kappa shape index (κ1) is 23.8.